The smallest absolute Gasteiger partial charge is 0.338 e. The third kappa shape index (κ3) is 3.83. The zero-order chi connectivity index (χ0) is 16.9. The average molecular weight is 332 g/mol. The van der Waals surface area contributed by atoms with E-state index in [4.69, 9.17) is 18.7 Å². The van der Waals surface area contributed by atoms with Crippen molar-refractivity contribution in [2.75, 3.05) is 25.1 Å². The predicted molar refractivity (Wildman–Crippen MR) is 82.2 cm³/mol. The minimum atomic E-state index is -0.628. The van der Waals surface area contributed by atoms with Crippen molar-refractivity contribution in [1.29, 1.82) is 0 Å². The van der Waals surface area contributed by atoms with Crippen molar-refractivity contribution in [1.82, 2.24) is 5.16 Å². The van der Waals surface area contributed by atoms with E-state index in [2.05, 4.69) is 10.5 Å². The molecule has 1 aliphatic heterocycles. The van der Waals surface area contributed by atoms with Gasteiger partial charge in [-0.2, -0.15) is 0 Å². The van der Waals surface area contributed by atoms with Gasteiger partial charge in [0.2, 0.25) is 0 Å². The topological polar surface area (TPSA) is 99.9 Å². The highest BCUT2D eigenvalue weighted by atomic mass is 16.5. The fraction of sp³-hybridized carbons (Fsp3) is 0.312. The Kier molecular flexibility index (Phi) is 4.64. The van der Waals surface area contributed by atoms with Crippen LogP contribution < -0.4 is 14.8 Å². The lowest BCUT2D eigenvalue weighted by Crippen LogP contribution is -2.21. The van der Waals surface area contributed by atoms with Crippen LogP contribution in [-0.2, 0) is 9.53 Å². The standard InChI is InChI=1S/C16H16N2O6/c1-10-7-14(18-24-10)17-15(19)9-23-16(20)11-3-4-12-13(8-11)22-6-2-5-21-12/h3-4,7-8H,2,5-6,9H2,1H3,(H,17,18,19). The van der Waals surface area contributed by atoms with E-state index in [-0.39, 0.29) is 11.4 Å². The van der Waals surface area contributed by atoms with Crippen LogP contribution in [0, 0.1) is 6.92 Å². The third-order valence-electron chi connectivity index (χ3n) is 3.21. The number of fused-ring (bicyclic) bond motifs is 1. The van der Waals surface area contributed by atoms with Crippen molar-refractivity contribution in [2.24, 2.45) is 0 Å². The van der Waals surface area contributed by atoms with Crippen LogP contribution in [0.2, 0.25) is 0 Å². The highest BCUT2D eigenvalue weighted by Crippen LogP contribution is 2.30. The van der Waals surface area contributed by atoms with Gasteiger partial charge in [0.25, 0.3) is 5.91 Å². The molecule has 0 fully saturated rings. The summed E-state index contributed by atoms with van der Waals surface area (Å²) in [5, 5.41) is 6.08. The van der Waals surface area contributed by atoms with Gasteiger partial charge in [0, 0.05) is 12.5 Å². The Labute approximate surface area is 137 Å². The van der Waals surface area contributed by atoms with E-state index < -0.39 is 18.5 Å². The summed E-state index contributed by atoms with van der Waals surface area (Å²) in [5.74, 6) is 0.773. The molecule has 8 heteroatoms. The summed E-state index contributed by atoms with van der Waals surface area (Å²) in [6, 6.07) is 6.32. The van der Waals surface area contributed by atoms with Gasteiger partial charge in [-0.15, -0.1) is 0 Å². The van der Waals surface area contributed by atoms with Gasteiger partial charge < -0.3 is 24.1 Å². The molecule has 0 atom stereocenters. The molecule has 0 saturated heterocycles. The monoisotopic (exact) mass is 332 g/mol. The summed E-state index contributed by atoms with van der Waals surface area (Å²) >= 11 is 0. The molecule has 0 spiro atoms. The number of esters is 1. The maximum Gasteiger partial charge on any atom is 0.338 e. The molecule has 0 aliphatic carbocycles. The van der Waals surface area contributed by atoms with Gasteiger partial charge in [-0.1, -0.05) is 5.16 Å². The van der Waals surface area contributed by atoms with Gasteiger partial charge in [-0.25, -0.2) is 4.79 Å². The molecular formula is C16H16N2O6. The van der Waals surface area contributed by atoms with Crippen molar-refractivity contribution >= 4 is 17.7 Å². The fourth-order valence-electron chi connectivity index (χ4n) is 2.11. The van der Waals surface area contributed by atoms with Gasteiger partial charge in [0.05, 0.1) is 18.8 Å². The number of nitrogens with one attached hydrogen (secondary N) is 1. The average Bonchev–Trinajstić information content (AvgIpc) is 2.84. The van der Waals surface area contributed by atoms with E-state index in [0.29, 0.717) is 30.5 Å². The van der Waals surface area contributed by atoms with Crippen LogP contribution in [0.4, 0.5) is 5.82 Å². The molecule has 8 nitrogen and oxygen atoms in total. The van der Waals surface area contributed by atoms with Crippen molar-refractivity contribution in [2.45, 2.75) is 13.3 Å². The van der Waals surface area contributed by atoms with Crippen LogP contribution in [0.3, 0.4) is 0 Å². The normalized spacial score (nSPS) is 13.0. The van der Waals surface area contributed by atoms with Crippen molar-refractivity contribution in [3.05, 3.63) is 35.6 Å². The Morgan fingerprint density at radius 3 is 2.75 bits per heavy atom. The number of aromatic nitrogens is 1. The number of nitrogens with zero attached hydrogens (tertiary/aromatic N) is 1. The number of anilines is 1. The number of benzene rings is 1. The van der Waals surface area contributed by atoms with Gasteiger partial charge >= 0.3 is 5.97 Å². The van der Waals surface area contributed by atoms with E-state index in [9.17, 15) is 9.59 Å². The van der Waals surface area contributed by atoms with Crippen LogP contribution in [0.25, 0.3) is 0 Å². The molecule has 126 valence electrons. The summed E-state index contributed by atoms with van der Waals surface area (Å²) in [5.41, 5.74) is 0.282. The van der Waals surface area contributed by atoms with Gasteiger partial charge in [-0.05, 0) is 25.1 Å². The first-order valence-corrected chi connectivity index (χ1v) is 7.42. The number of amides is 1. The maximum absolute atomic E-state index is 12.0. The van der Waals surface area contributed by atoms with Gasteiger partial charge in [-0.3, -0.25) is 4.79 Å². The molecular weight excluding hydrogens is 316 g/mol. The first-order chi connectivity index (χ1) is 11.6. The molecule has 2 heterocycles. The lowest BCUT2D eigenvalue weighted by molar-refractivity contribution is -0.119. The molecule has 0 saturated carbocycles. The van der Waals surface area contributed by atoms with Crippen LogP contribution in [0.1, 0.15) is 22.5 Å². The number of carbonyl (C=O) groups is 2. The van der Waals surface area contributed by atoms with E-state index >= 15 is 0 Å². The highest BCUT2D eigenvalue weighted by molar-refractivity contribution is 5.95. The molecule has 1 N–H and O–H groups in total. The van der Waals surface area contributed by atoms with Crippen LogP contribution in [0.5, 0.6) is 11.5 Å². The number of aryl methyl sites for hydroxylation is 1. The summed E-state index contributed by atoms with van der Waals surface area (Å²) in [6.07, 6.45) is 0.774. The number of ether oxygens (including phenoxy) is 3. The molecule has 0 unspecified atom stereocenters. The maximum atomic E-state index is 12.0. The molecule has 1 amide bonds. The first kappa shape index (κ1) is 15.9. The lowest BCUT2D eigenvalue weighted by Gasteiger charge is -2.09. The zero-order valence-electron chi connectivity index (χ0n) is 13.0. The minimum absolute atomic E-state index is 0.268. The van der Waals surface area contributed by atoms with Crippen molar-refractivity contribution in [3.8, 4) is 11.5 Å². The molecule has 3 rings (SSSR count). The van der Waals surface area contributed by atoms with Gasteiger partial charge in [0.15, 0.2) is 23.9 Å². The minimum Gasteiger partial charge on any atom is -0.490 e. The fourth-order valence-corrected chi connectivity index (χ4v) is 2.11. The quantitative estimate of drug-likeness (QED) is 0.854. The second-order valence-corrected chi connectivity index (χ2v) is 5.16. The number of carbonyl (C=O) groups excluding carboxylic acids is 2. The van der Waals surface area contributed by atoms with E-state index in [1.54, 1.807) is 31.2 Å². The largest absolute Gasteiger partial charge is 0.490 e. The number of rotatable bonds is 4. The molecule has 1 aromatic carbocycles. The zero-order valence-corrected chi connectivity index (χ0v) is 13.0. The SMILES string of the molecule is Cc1cc(NC(=O)COC(=O)c2ccc3c(c2)OCCCO3)no1. The Hall–Kier alpha value is -3.03. The van der Waals surface area contributed by atoms with E-state index in [1.807, 2.05) is 0 Å². The molecule has 1 aliphatic rings. The second-order valence-electron chi connectivity index (χ2n) is 5.16. The summed E-state index contributed by atoms with van der Waals surface area (Å²) in [4.78, 5) is 23.8. The summed E-state index contributed by atoms with van der Waals surface area (Å²) < 4.78 is 20.8. The Balaban J connectivity index is 1.56. The number of hydrogen-bond acceptors (Lipinski definition) is 7. The Morgan fingerprint density at radius 1 is 1.21 bits per heavy atom. The van der Waals surface area contributed by atoms with Crippen LogP contribution in [-0.4, -0.2) is 36.9 Å². The molecule has 0 radical (unpaired) electrons. The van der Waals surface area contributed by atoms with Crippen molar-refractivity contribution < 1.29 is 28.3 Å². The second kappa shape index (κ2) is 7.03. The lowest BCUT2D eigenvalue weighted by atomic mass is 10.2. The highest BCUT2D eigenvalue weighted by Gasteiger charge is 2.16. The predicted octanol–water partition coefficient (Wildman–Crippen LogP) is 1.94. The van der Waals surface area contributed by atoms with Crippen LogP contribution in [0.15, 0.2) is 28.8 Å². The number of hydrogen-bond donors (Lipinski definition) is 1. The van der Waals surface area contributed by atoms with E-state index in [0.717, 1.165) is 6.42 Å². The first-order valence-electron chi connectivity index (χ1n) is 7.42. The molecule has 0 bridgehead atoms. The Morgan fingerprint density at radius 2 is 2.00 bits per heavy atom. The van der Waals surface area contributed by atoms with Gasteiger partial charge in [0.1, 0.15) is 5.76 Å². The Bertz CT molecular complexity index is 755. The third-order valence-corrected chi connectivity index (χ3v) is 3.21. The molecule has 24 heavy (non-hydrogen) atoms. The molecule has 2 aromatic rings. The van der Waals surface area contributed by atoms with E-state index in [1.165, 1.54) is 0 Å². The van der Waals surface area contributed by atoms with Crippen molar-refractivity contribution in [3.63, 3.8) is 0 Å². The molecule has 1 aromatic heterocycles. The van der Waals surface area contributed by atoms with Crippen LogP contribution >= 0.6 is 0 Å². The summed E-state index contributed by atoms with van der Waals surface area (Å²) in [6.45, 7) is 2.36. The summed E-state index contributed by atoms with van der Waals surface area (Å²) in [7, 11) is 0.